The number of nitrogens with zero attached hydrogens (tertiary/aromatic N) is 1. The van der Waals surface area contributed by atoms with Crippen molar-refractivity contribution in [2.45, 2.75) is 50.2 Å². The van der Waals surface area contributed by atoms with Gasteiger partial charge in [0.2, 0.25) is 5.91 Å². The molecule has 3 aromatic rings. The summed E-state index contributed by atoms with van der Waals surface area (Å²) in [5.41, 5.74) is 1.91. The van der Waals surface area contributed by atoms with Gasteiger partial charge in [0, 0.05) is 19.5 Å². The molecule has 7 heteroatoms. The Hall–Kier alpha value is -3.97. The molecule has 0 aliphatic carbocycles. The number of nitrogens with one attached hydrogen (secondary N) is 1. The molecule has 0 bridgehead atoms. The molecule has 1 fully saturated rings. The third kappa shape index (κ3) is 8.02. The van der Waals surface area contributed by atoms with Gasteiger partial charge in [-0.25, -0.2) is 4.79 Å². The molecule has 40 heavy (non-hydrogen) atoms. The maximum Gasteiger partial charge on any atom is 0.331 e. The van der Waals surface area contributed by atoms with Gasteiger partial charge in [0.1, 0.15) is 12.1 Å². The van der Waals surface area contributed by atoms with Crippen molar-refractivity contribution in [1.82, 2.24) is 10.2 Å². The number of carbonyl (C=O) groups is 3. The number of carbonyl (C=O) groups excluding carboxylic acids is 3. The first-order valence-electron chi connectivity index (χ1n) is 13.9. The van der Waals surface area contributed by atoms with Crippen LogP contribution in [0.5, 0.6) is 0 Å². The molecule has 1 aliphatic heterocycles. The van der Waals surface area contributed by atoms with E-state index in [1.807, 2.05) is 91.0 Å². The highest BCUT2D eigenvalue weighted by molar-refractivity contribution is 5.88. The fraction of sp³-hybridized carbons (Fsp3) is 0.364. The molecule has 1 atom stereocenters. The summed E-state index contributed by atoms with van der Waals surface area (Å²) in [5.74, 6) is -1.21. The van der Waals surface area contributed by atoms with Crippen LogP contribution in [0.15, 0.2) is 91.0 Å². The van der Waals surface area contributed by atoms with E-state index in [0.717, 1.165) is 16.7 Å². The summed E-state index contributed by atoms with van der Waals surface area (Å²) in [6.07, 6.45) is 2.40. The van der Waals surface area contributed by atoms with Crippen molar-refractivity contribution >= 4 is 17.8 Å². The van der Waals surface area contributed by atoms with Crippen LogP contribution in [0, 0.1) is 0 Å². The maximum absolute atomic E-state index is 13.2. The molecular weight excluding hydrogens is 504 g/mol. The zero-order chi connectivity index (χ0) is 28.2. The molecule has 1 N–H and O–H groups in total. The second-order valence-electron chi connectivity index (χ2n) is 10.3. The minimum atomic E-state index is -1.04. The summed E-state index contributed by atoms with van der Waals surface area (Å²) in [6.45, 7) is 2.11. The third-order valence-corrected chi connectivity index (χ3v) is 7.59. The topological polar surface area (TPSA) is 84.9 Å². The number of likely N-dealkylation sites (tertiary alicyclic amines) is 1. The quantitative estimate of drug-likeness (QED) is 0.335. The first-order chi connectivity index (χ1) is 19.5. The number of methoxy groups -OCH3 is 1. The van der Waals surface area contributed by atoms with Crippen LogP contribution in [0.3, 0.4) is 0 Å². The van der Waals surface area contributed by atoms with Crippen molar-refractivity contribution in [2.75, 3.05) is 26.7 Å². The van der Waals surface area contributed by atoms with Gasteiger partial charge >= 0.3 is 11.9 Å². The predicted molar refractivity (Wildman–Crippen MR) is 153 cm³/mol. The summed E-state index contributed by atoms with van der Waals surface area (Å²) >= 11 is 0. The standard InChI is InChI=1S/C33H38N2O5/c1-39-32(38)33(34-30(36)18-17-26-11-5-2-6-12-26)20-23-35(24-21-33)22-19-29(28-15-9-4-10-16-28)31(37)40-25-27-13-7-3-8-14-27/h2-16,29H,17-25H2,1H3,(H,34,36). The Kier molecular flexibility index (Phi) is 10.5. The smallest absolute Gasteiger partial charge is 0.331 e. The zero-order valence-electron chi connectivity index (χ0n) is 23.1. The van der Waals surface area contributed by atoms with Crippen LogP contribution >= 0.6 is 0 Å². The average molecular weight is 543 g/mol. The van der Waals surface area contributed by atoms with Gasteiger partial charge in [-0.15, -0.1) is 0 Å². The molecule has 1 amide bonds. The molecule has 1 unspecified atom stereocenters. The number of rotatable bonds is 12. The Bertz CT molecular complexity index is 1230. The molecule has 0 saturated carbocycles. The molecule has 0 radical (unpaired) electrons. The summed E-state index contributed by atoms with van der Waals surface area (Å²) in [7, 11) is 1.36. The van der Waals surface area contributed by atoms with Gasteiger partial charge in [0.25, 0.3) is 0 Å². The van der Waals surface area contributed by atoms with E-state index in [0.29, 0.717) is 51.7 Å². The lowest BCUT2D eigenvalue weighted by atomic mass is 9.86. The van der Waals surface area contributed by atoms with Crippen molar-refractivity contribution in [3.63, 3.8) is 0 Å². The summed E-state index contributed by atoms with van der Waals surface area (Å²) < 4.78 is 10.8. The molecule has 3 aromatic carbocycles. The molecule has 1 saturated heterocycles. The number of piperidine rings is 1. The summed E-state index contributed by atoms with van der Waals surface area (Å²) in [6, 6.07) is 29.2. The third-order valence-electron chi connectivity index (χ3n) is 7.59. The Morgan fingerprint density at radius 1 is 0.850 bits per heavy atom. The minimum Gasteiger partial charge on any atom is -0.467 e. The van der Waals surface area contributed by atoms with E-state index in [1.54, 1.807) is 0 Å². The summed E-state index contributed by atoms with van der Waals surface area (Å²) in [5, 5.41) is 3.00. The van der Waals surface area contributed by atoms with E-state index in [2.05, 4.69) is 10.2 Å². The SMILES string of the molecule is COC(=O)C1(NC(=O)CCc2ccccc2)CCN(CCC(C(=O)OCc2ccccc2)c2ccccc2)CC1. The lowest BCUT2D eigenvalue weighted by Crippen LogP contribution is -2.60. The van der Waals surface area contributed by atoms with Gasteiger partial charge in [-0.3, -0.25) is 9.59 Å². The first-order valence-corrected chi connectivity index (χ1v) is 13.9. The fourth-order valence-corrected chi connectivity index (χ4v) is 5.21. The monoisotopic (exact) mass is 542 g/mol. The lowest BCUT2D eigenvalue weighted by molar-refractivity contribution is -0.153. The molecule has 4 rings (SSSR count). The molecule has 7 nitrogen and oxygen atoms in total. The molecular formula is C33H38N2O5. The van der Waals surface area contributed by atoms with Gasteiger partial charge in [0.05, 0.1) is 13.0 Å². The van der Waals surface area contributed by atoms with E-state index in [1.165, 1.54) is 7.11 Å². The van der Waals surface area contributed by atoms with Crippen molar-refractivity contribution in [2.24, 2.45) is 0 Å². The van der Waals surface area contributed by atoms with Crippen molar-refractivity contribution in [3.8, 4) is 0 Å². The van der Waals surface area contributed by atoms with Crippen molar-refractivity contribution in [3.05, 3.63) is 108 Å². The predicted octanol–water partition coefficient (Wildman–Crippen LogP) is 4.66. The van der Waals surface area contributed by atoms with Crippen molar-refractivity contribution < 1.29 is 23.9 Å². The average Bonchev–Trinajstić information content (AvgIpc) is 3.01. The number of hydrogen-bond acceptors (Lipinski definition) is 6. The Morgan fingerprint density at radius 2 is 1.43 bits per heavy atom. The number of esters is 2. The lowest BCUT2D eigenvalue weighted by Gasteiger charge is -2.40. The van der Waals surface area contributed by atoms with E-state index in [-0.39, 0.29) is 18.5 Å². The molecule has 210 valence electrons. The zero-order valence-corrected chi connectivity index (χ0v) is 23.1. The molecule has 0 aromatic heterocycles. The Balaban J connectivity index is 1.33. The summed E-state index contributed by atoms with van der Waals surface area (Å²) in [4.78, 5) is 41.0. The number of aryl methyl sites for hydroxylation is 1. The van der Waals surface area contributed by atoms with E-state index < -0.39 is 17.4 Å². The van der Waals surface area contributed by atoms with Gasteiger partial charge < -0.3 is 19.7 Å². The maximum atomic E-state index is 13.2. The highest BCUT2D eigenvalue weighted by Gasteiger charge is 2.43. The highest BCUT2D eigenvalue weighted by atomic mass is 16.5. The number of hydrogen-bond donors (Lipinski definition) is 1. The molecule has 1 aliphatic rings. The van der Waals surface area contributed by atoms with E-state index >= 15 is 0 Å². The number of benzene rings is 3. The van der Waals surface area contributed by atoms with Crippen LogP contribution in [0.1, 0.15) is 48.3 Å². The van der Waals surface area contributed by atoms with Gasteiger partial charge in [-0.1, -0.05) is 91.0 Å². The first kappa shape index (κ1) is 29.0. The Labute approximate surface area is 236 Å². The van der Waals surface area contributed by atoms with Crippen LogP contribution in [-0.4, -0.2) is 55.0 Å². The van der Waals surface area contributed by atoms with E-state index in [4.69, 9.17) is 9.47 Å². The highest BCUT2D eigenvalue weighted by Crippen LogP contribution is 2.27. The Morgan fingerprint density at radius 3 is 2.02 bits per heavy atom. The fourth-order valence-electron chi connectivity index (χ4n) is 5.21. The minimum absolute atomic E-state index is 0.159. The van der Waals surface area contributed by atoms with Gasteiger partial charge in [-0.2, -0.15) is 0 Å². The normalized spacial score (nSPS) is 15.5. The van der Waals surface area contributed by atoms with Crippen LogP contribution in [0.25, 0.3) is 0 Å². The largest absolute Gasteiger partial charge is 0.467 e. The van der Waals surface area contributed by atoms with Crippen LogP contribution in [0.2, 0.25) is 0 Å². The van der Waals surface area contributed by atoms with Crippen molar-refractivity contribution in [1.29, 1.82) is 0 Å². The number of ether oxygens (including phenoxy) is 2. The number of amides is 1. The molecule has 0 spiro atoms. The van der Waals surface area contributed by atoms with Crippen LogP contribution < -0.4 is 5.32 Å². The second-order valence-corrected chi connectivity index (χ2v) is 10.3. The van der Waals surface area contributed by atoms with Crippen LogP contribution in [0.4, 0.5) is 0 Å². The van der Waals surface area contributed by atoms with Crippen LogP contribution in [-0.2, 0) is 36.9 Å². The van der Waals surface area contributed by atoms with Gasteiger partial charge in [0.15, 0.2) is 0 Å². The van der Waals surface area contributed by atoms with E-state index in [9.17, 15) is 14.4 Å². The molecule has 1 heterocycles. The van der Waals surface area contributed by atoms with Gasteiger partial charge in [-0.05, 0) is 48.9 Å². The second kappa shape index (κ2) is 14.4.